The Bertz CT molecular complexity index is 1150. The normalized spacial score (nSPS) is 19.0. The van der Waals surface area contributed by atoms with E-state index < -0.39 is 0 Å². The van der Waals surface area contributed by atoms with E-state index in [1.54, 1.807) is 0 Å². The Hall–Kier alpha value is -3.30. The topological polar surface area (TPSA) is 90.4 Å². The van der Waals surface area contributed by atoms with E-state index >= 15 is 0 Å². The third-order valence-corrected chi connectivity index (χ3v) is 6.89. The van der Waals surface area contributed by atoms with Gasteiger partial charge in [0.05, 0.1) is 11.6 Å². The lowest BCUT2D eigenvalue weighted by atomic mass is 9.97. The van der Waals surface area contributed by atoms with Crippen LogP contribution in [0.5, 0.6) is 0 Å². The van der Waals surface area contributed by atoms with Gasteiger partial charge in [-0.1, -0.05) is 23.7 Å². The molecule has 5 rings (SSSR count). The van der Waals surface area contributed by atoms with E-state index in [1.165, 1.54) is 6.33 Å². The number of carbonyl (C=O) groups excluding carboxylic acids is 1. The van der Waals surface area contributed by atoms with E-state index in [9.17, 15) is 4.79 Å². The zero-order valence-electron chi connectivity index (χ0n) is 19.8. The number of hydrogen-bond acceptors (Lipinski definition) is 8. The summed E-state index contributed by atoms with van der Waals surface area (Å²) in [7, 11) is 2.12. The number of amides is 1. The van der Waals surface area contributed by atoms with E-state index in [4.69, 9.17) is 11.6 Å². The van der Waals surface area contributed by atoms with Crippen LogP contribution in [0.25, 0.3) is 11.3 Å². The van der Waals surface area contributed by atoms with E-state index in [1.807, 2.05) is 42.5 Å². The summed E-state index contributed by atoms with van der Waals surface area (Å²) in [5.74, 6) is 2.00. The van der Waals surface area contributed by atoms with Crippen molar-refractivity contribution in [2.24, 2.45) is 5.92 Å². The number of halogens is 1. The summed E-state index contributed by atoms with van der Waals surface area (Å²) in [6.45, 7) is 5.25. The quantitative estimate of drug-likeness (QED) is 0.580. The van der Waals surface area contributed by atoms with E-state index in [0.29, 0.717) is 17.4 Å². The van der Waals surface area contributed by atoms with Crippen molar-refractivity contribution in [3.8, 4) is 11.3 Å². The highest BCUT2D eigenvalue weighted by atomic mass is 35.5. The molecule has 1 aromatic carbocycles. The van der Waals surface area contributed by atoms with Crippen molar-refractivity contribution in [3.63, 3.8) is 0 Å². The first kappa shape index (κ1) is 23.4. The smallest absolute Gasteiger partial charge is 0.230 e. The molecule has 2 aliphatic rings. The van der Waals surface area contributed by atoms with Crippen LogP contribution < -0.4 is 15.1 Å². The summed E-state index contributed by atoms with van der Waals surface area (Å²) >= 11 is 5.98. The third-order valence-electron chi connectivity index (χ3n) is 6.64. The highest BCUT2D eigenvalue weighted by Gasteiger charge is 2.27. The number of hydrogen-bond donors (Lipinski definition) is 1. The fraction of sp³-hybridized carbons (Fsp3) is 0.400. The molecule has 2 fully saturated rings. The van der Waals surface area contributed by atoms with Gasteiger partial charge in [0, 0.05) is 55.9 Å². The lowest BCUT2D eigenvalue weighted by molar-refractivity contribution is -0.120. The Balaban J connectivity index is 1.21. The Labute approximate surface area is 210 Å². The third kappa shape index (κ3) is 5.68. The number of likely N-dealkylation sites (N-methyl/N-ethyl adjacent to an activating group) is 1. The summed E-state index contributed by atoms with van der Waals surface area (Å²) in [4.78, 5) is 28.4. The molecular formula is C25H29ClN8O. The van der Waals surface area contributed by atoms with Gasteiger partial charge in [-0.25, -0.2) is 9.97 Å². The van der Waals surface area contributed by atoms with Gasteiger partial charge in [-0.15, -0.1) is 10.2 Å². The lowest BCUT2D eigenvalue weighted by Crippen LogP contribution is -2.44. The molecule has 1 atom stereocenters. The maximum absolute atomic E-state index is 13.1. The number of rotatable bonds is 5. The molecular weight excluding hydrogens is 464 g/mol. The predicted molar refractivity (Wildman–Crippen MR) is 138 cm³/mol. The second kappa shape index (κ2) is 10.5. The number of piperazine rings is 1. The fourth-order valence-corrected chi connectivity index (χ4v) is 4.65. The van der Waals surface area contributed by atoms with Gasteiger partial charge in [0.2, 0.25) is 5.91 Å². The van der Waals surface area contributed by atoms with Gasteiger partial charge in [-0.3, -0.25) is 4.79 Å². The van der Waals surface area contributed by atoms with Crippen LogP contribution in [0.15, 0.2) is 48.8 Å². The molecule has 10 heteroatoms. The first-order chi connectivity index (χ1) is 17.0. The maximum Gasteiger partial charge on any atom is 0.230 e. The van der Waals surface area contributed by atoms with Crippen LogP contribution in [0.1, 0.15) is 12.8 Å². The second-order valence-corrected chi connectivity index (χ2v) is 9.55. The first-order valence-electron chi connectivity index (χ1n) is 12.0. The minimum Gasteiger partial charge on any atom is -0.354 e. The maximum atomic E-state index is 13.1. The summed E-state index contributed by atoms with van der Waals surface area (Å²) in [5.41, 5.74) is 1.75. The second-order valence-electron chi connectivity index (χ2n) is 9.11. The van der Waals surface area contributed by atoms with Gasteiger partial charge in [0.1, 0.15) is 18.0 Å². The highest BCUT2D eigenvalue weighted by molar-refractivity contribution is 6.30. The summed E-state index contributed by atoms with van der Waals surface area (Å²) in [6.07, 6.45) is 3.26. The molecule has 1 N–H and O–H groups in total. The Morgan fingerprint density at radius 2 is 1.74 bits per heavy atom. The Morgan fingerprint density at radius 3 is 2.49 bits per heavy atom. The van der Waals surface area contributed by atoms with Crippen molar-refractivity contribution in [2.45, 2.75) is 12.8 Å². The molecule has 0 saturated carbocycles. The Morgan fingerprint density at radius 1 is 0.943 bits per heavy atom. The first-order valence-corrected chi connectivity index (χ1v) is 12.3. The molecule has 3 aromatic rings. The van der Waals surface area contributed by atoms with E-state index in [0.717, 1.165) is 68.5 Å². The standard InChI is InChI=1S/C25H29ClN8O/c1-32-11-13-33(14-12-32)24-15-22(27-17-28-24)29-25(35)19-3-2-10-34(16-19)23-9-8-21(30-31-23)18-4-6-20(26)7-5-18/h4-9,15,17,19H,2-3,10-14,16H2,1H3,(H,27,28,29,35). The molecule has 2 aromatic heterocycles. The van der Waals surface area contributed by atoms with Crippen LogP contribution in [0.3, 0.4) is 0 Å². The molecule has 0 spiro atoms. The predicted octanol–water partition coefficient (Wildman–Crippen LogP) is 3.19. The van der Waals surface area contributed by atoms with Gasteiger partial charge in [0.25, 0.3) is 0 Å². The van der Waals surface area contributed by atoms with Crippen LogP contribution in [-0.2, 0) is 4.79 Å². The zero-order chi connectivity index (χ0) is 24.2. The summed E-state index contributed by atoms with van der Waals surface area (Å²) in [5, 5.41) is 12.5. The largest absolute Gasteiger partial charge is 0.354 e. The highest BCUT2D eigenvalue weighted by Crippen LogP contribution is 2.25. The molecule has 1 amide bonds. The molecule has 2 saturated heterocycles. The van der Waals surface area contributed by atoms with Gasteiger partial charge in [-0.05, 0) is 44.2 Å². The lowest BCUT2D eigenvalue weighted by Gasteiger charge is -2.33. The molecule has 182 valence electrons. The van der Waals surface area contributed by atoms with E-state index in [2.05, 4.69) is 47.2 Å². The average Bonchev–Trinajstić information content (AvgIpc) is 2.90. The number of benzene rings is 1. The van der Waals surface area contributed by atoms with Gasteiger partial charge in [-0.2, -0.15) is 0 Å². The monoisotopic (exact) mass is 492 g/mol. The van der Waals surface area contributed by atoms with Crippen molar-refractivity contribution in [1.82, 2.24) is 25.1 Å². The summed E-state index contributed by atoms with van der Waals surface area (Å²) < 4.78 is 0. The van der Waals surface area contributed by atoms with Crippen LogP contribution >= 0.6 is 11.6 Å². The summed E-state index contributed by atoms with van der Waals surface area (Å²) in [6, 6.07) is 13.3. The fourth-order valence-electron chi connectivity index (χ4n) is 4.52. The number of carbonyl (C=O) groups is 1. The molecule has 1 unspecified atom stereocenters. The minimum atomic E-state index is -0.149. The van der Waals surface area contributed by atoms with Gasteiger partial charge < -0.3 is 20.0 Å². The van der Waals surface area contributed by atoms with Gasteiger partial charge in [0.15, 0.2) is 5.82 Å². The molecule has 0 radical (unpaired) electrons. The van der Waals surface area contributed by atoms with Crippen LogP contribution in [-0.4, -0.2) is 77.3 Å². The number of nitrogens with zero attached hydrogens (tertiary/aromatic N) is 7. The van der Waals surface area contributed by atoms with Crippen LogP contribution in [0, 0.1) is 5.92 Å². The number of anilines is 3. The molecule has 9 nitrogen and oxygen atoms in total. The van der Waals surface area contributed by atoms with Crippen molar-refractivity contribution >= 4 is 35.0 Å². The van der Waals surface area contributed by atoms with Crippen LogP contribution in [0.2, 0.25) is 5.02 Å². The molecule has 4 heterocycles. The molecule has 0 bridgehead atoms. The van der Waals surface area contributed by atoms with Crippen molar-refractivity contribution in [3.05, 3.63) is 53.8 Å². The Kier molecular flexibility index (Phi) is 7.06. The van der Waals surface area contributed by atoms with Crippen molar-refractivity contribution < 1.29 is 4.79 Å². The molecule has 2 aliphatic heterocycles. The van der Waals surface area contributed by atoms with Crippen LogP contribution in [0.4, 0.5) is 17.5 Å². The minimum absolute atomic E-state index is 0.0246. The number of nitrogens with one attached hydrogen (secondary N) is 1. The number of aromatic nitrogens is 4. The zero-order valence-corrected chi connectivity index (χ0v) is 20.5. The number of piperidine rings is 1. The average molecular weight is 493 g/mol. The SMILES string of the molecule is CN1CCN(c2cc(NC(=O)C3CCCN(c4ccc(-c5ccc(Cl)cc5)nn4)C3)ncn2)CC1. The van der Waals surface area contributed by atoms with Gasteiger partial charge >= 0.3 is 0 Å². The van der Waals surface area contributed by atoms with Crippen molar-refractivity contribution in [2.75, 3.05) is 61.4 Å². The molecule has 35 heavy (non-hydrogen) atoms. The van der Waals surface area contributed by atoms with Crippen molar-refractivity contribution in [1.29, 1.82) is 0 Å². The van der Waals surface area contributed by atoms with E-state index in [-0.39, 0.29) is 11.8 Å². The molecule has 0 aliphatic carbocycles.